The standard InChI is InChI=1S/C11H26N3P/c1-4-7-14(8-6-12)10-13-11(3)9-15-5-2/h5,11,13,15H,2,4,6-10,12H2,1,3H3. The lowest BCUT2D eigenvalue weighted by atomic mass is 10.4. The molecule has 0 aromatic rings. The Labute approximate surface area is 96.3 Å². The molecule has 90 valence electrons. The van der Waals surface area contributed by atoms with E-state index in [0.29, 0.717) is 6.04 Å². The molecule has 2 unspecified atom stereocenters. The van der Waals surface area contributed by atoms with Crippen LogP contribution >= 0.6 is 8.58 Å². The Morgan fingerprint density at radius 2 is 2.27 bits per heavy atom. The summed E-state index contributed by atoms with van der Waals surface area (Å²) in [6.07, 6.45) is 2.37. The van der Waals surface area contributed by atoms with Crippen molar-refractivity contribution in [3.63, 3.8) is 0 Å². The number of nitrogens with zero attached hydrogens (tertiary/aromatic N) is 1. The molecule has 0 aromatic carbocycles. The fraction of sp³-hybridized carbons (Fsp3) is 0.818. The van der Waals surface area contributed by atoms with Crippen LogP contribution in [0.5, 0.6) is 0 Å². The fourth-order valence-corrected chi connectivity index (χ4v) is 2.05. The van der Waals surface area contributed by atoms with Crippen molar-refractivity contribution in [3.8, 4) is 0 Å². The van der Waals surface area contributed by atoms with Crippen LogP contribution in [0, 0.1) is 0 Å². The van der Waals surface area contributed by atoms with Gasteiger partial charge in [0.15, 0.2) is 0 Å². The summed E-state index contributed by atoms with van der Waals surface area (Å²) in [5.74, 6) is 2.00. The summed E-state index contributed by atoms with van der Waals surface area (Å²) in [5.41, 5.74) is 5.56. The molecule has 3 N–H and O–H groups in total. The molecule has 0 saturated heterocycles. The van der Waals surface area contributed by atoms with Gasteiger partial charge < -0.3 is 11.1 Å². The van der Waals surface area contributed by atoms with Gasteiger partial charge in [0.2, 0.25) is 0 Å². The Balaban J connectivity index is 3.61. The summed E-state index contributed by atoms with van der Waals surface area (Å²) in [4.78, 5) is 2.37. The molecule has 0 amide bonds. The molecule has 0 radical (unpaired) electrons. The molecule has 0 aliphatic carbocycles. The number of rotatable bonds is 10. The number of nitrogens with two attached hydrogens (primary N) is 1. The first-order valence-electron chi connectivity index (χ1n) is 5.74. The highest BCUT2D eigenvalue weighted by Gasteiger charge is 2.04. The normalized spacial score (nSPS) is 13.9. The number of hydrogen-bond donors (Lipinski definition) is 2. The smallest absolute Gasteiger partial charge is 0.0483 e. The molecule has 0 aliphatic rings. The van der Waals surface area contributed by atoms with Crippen LogP contribution < -0.4 is 11.1 Å². The molecule has 0 saturated carbocycles. The van der Waals surface area contributed by atoms with Gasteiger partial charge >= 0.3 is 0 Å². The summed E-state index contributed by atoms with van der Waals surface area (Å²) >= 11 is 0. The predicted molar refractivity (Wildman–Crippen MR) is 71.8 cm³/mol. The van der Waals surface area contributed by atoms with E-state index in [1.165, 1.54) is 12.6 Å². The molecule has 0 aliphatic heterocycles. The molecule has 0 heterocycles. The molecule has 15 heavy (non-hydrogen) atoms. The maximum Gasteiger partial charge on any atom is 0.0483 e. The predicted octanol–water partition coefficient (Wildman–Crippen LogP) is 1.41. The third-order valence-corrected chi connectivity index (χ3v) is 3.35. The average Bonchev–Trinajstić information content (AvgIpc) is 2.23. The summed E-state index contributed by atoms with van der Waals surface area (Å²) in [5, 5.41) is 3.52. The van der Waals surface area contributed by atoms with Gasteiger partial charge in [-0.25, -0.2) is 0 Å². The van der Waals surface area contributed by atoms with Crippen LogP contribution in [0.2, 0.25) is 0 Å². The second kappa shape index (κ2) is 10.6. The molecule has 0 bridgehead atoms. The van der Waals surface area contributed by atoms with Crippen molar-refractivity contribution >= 4 is 8.58 Å². The Morgan fingerprint density at radius 3 is 2.80 bits per heavy atom. The first kappa shape index (κ1) is 15.0. The third-order valence-electron chi connectivity index (χ3n) is 2.22. The first-order chi connectivity index (χ1) is 7.24. The molecule has 0 rings (SSSR count). The number of hydrogen-bond acceptors (Lipinski definition) is 3. The minimum absolute atomic E-state index is 0.568. The maximum absolute atomic E-state index is 5.56. The van der Waals surface area contributed by atoms with E-state index in [-0.39, 0.29) is 0 Å². The van der Waals surface area contributed by atoms with Gasteiger partial charge in [-0.3, -0.25) is 4.90 Å². The van der Waals surface area contributed by atoms with Crippen LogP contribution in [0.4, 0.5) is 0 Å². The lowest BCUT2D eigenvalue weighted by molar-refractivity contribution is 0.251. The molecule has 0 spiro atoms. The second-order valence-electron chi connectivity index (χ2n) is 3.78. The van der Waals surface area contributed by atoms with Crippen molar-refractivity contribution in [3.05, 3.63) is 12.4 Å². The highest BCUT2D eigenvalue weighted by molar-refractivity contribution is 7.41. The van der Waals surface area contributed by atoms with Crippen molar-refractivity contribution < 1.29 is 0 Å². The Kier molecular flexibility index (Phi) is 10.6. The largest absolute Gasteiger partial charge is 0.329 e. The van der Waals surface area contributed by atoms with E-state index in [1.54, 1.807) is 0 Å². The highest BCUT2D eigenvalue weighted by atomic mass is 31.1. The lowest BCUT2D eigenvalue weighted by Gasteiger charge is -2.23. The average molecular weight is 231 g/mol. The summed E-state index contributed by atoms with van der Waals surface area (Å²) in [7, 11) is 0.859. The summed E-state index contributed by atoms with van der Waals surface area (Å²) < 4.78 is 0. The van der Waals surface area contributed by atoms with Gasteiger partial charge in [-0.1, -0.05) is 27.9 Å². The second-order valence-corrected chi connectivity index (χ2v) is 5.01. The van der Waals surface area contributed by atoms with Crippen LogP contribution in [0.25, 0.3) is 0 Å². The Bertz CT molecular complexity index is 147. The molecule has 2 atom stereocenters. The zero-order valence-corrected chi connectivity index (χ0v) is 11.1. The van der Waals surface area contributed by atoms with Crippen molar-refractivity contribution in [2.24, 2.45) is 5.73 Å². The van der Waals surface area contributed by atoms with Gasteiger partial charge in [-0.2, -0.15) is 0 Å². The van der Waals surface area contributed by atoms with E-state index >= 15 is 0 Å². The van der Waals surface area contributed by atoms with E-state index < -0.39 is 0 Å². The molecular formula is C11H26N3P. The van der Waals surface area contributed by atoms with Crippen LogP contribution in [-0.2, 0) is 0 Å². The van der Waals surface area contributed by atoms with Crippen molar-refractivity contribution in [2.75, 3.05) is 32.5 Å². The Morgan fingerprint density at radius 1 is 1.53 bits per heavy atom. The van der Waals surface area contributed by atoms with Gasteiger partial charge in [0.25, 0.3) is 0 Å². The quantitative estimate of drug-likeness (QED) is 0.441. The van der Waals surface area contributed by atoms with E-state index in [9.17, 15) is 0 Å². The summed E-state index contributed by atoms with van der Waals surface area (Å²) in [6.45, 7) is 12.0. The van der Waals surface area contributed by atoms with Crippen LogP contribution in [-0.4, -0.2) is 43.4 Å². The maximum atomic E-state index is 5.56. The number of nitrogens with one attached hydrogen (secondary N) is 1. The molecule has 3 nitrogen and oxygen atoms in total. The fourth-order valence-electron chi connectivity index (χ4n) is 1.39. The van der Waals surface area contributed by atoms with Crippen molar-refractivity contribution in [1.29, 1.82) is 0 Å². The zero-order valence-electron chi connectivity index (χ0n) is 10.1. The topological polar surface area (TPSA) is 41.3 Å². The Hall–Kier alpha value is 0.0500. The van der Waals surface area contributed by atoms with Gasteiger partial charge in [0, 0.05) is 25.8 Å². The minimum Gasteiger partial charge on any atom is -0.329 e. The van der Waals surface area contributed by atoms with E-state index in [4.69, 9.17) is 5.73 Å². The van der Waals surface area contributed by atoms with Crippen LogP contribution in [0.1, 0.15) is 20.3 Å². The molecule has 0 fully saturated rings. The van der Waals surface area contributed by atoms with Crippen LogP contribution in [0.15, 0.2) is 12.4 Å². The van der Waals surface area contributed by atoms with Gasteiger partial charge in [0.05, 0.1) is 0 Å². The third kappa shape index (κ3) is 9.01. The minimum atomic E-state index is 0.568. The molecular weight excluding hydrogens is 205 g/mol. The van der Waals surface area contributed by atoms with E-state index in [0.717, 1.165) is 34.9 Å². The zero-order chi connectivity index (χ0) is 11.5. The monoisotopic (exact) mass is 231 g/mol. The van der Waals surface area contributed by atoms with E-state index in [2.05, 4.69) is 30.6 Å². The lowest BCUT2D eigenvalue weighted by Crippen LogP contribution is -2.42. The summed E-state index contributed by atoms with van der Waals surface area (Å²) in [6, 6.07) is 0.568. The van der Waals surface area contributed by atoms with Gasteiger partial charge in [-0.05, 0) is 26.1 Å². The highest BCUT2D eigenvalue weighted by Crippen LogP contribution is 2.10. The molecule has 4 heteroatoms. The SMILES string of the molecule is C=CPCC(C)NCN(CCC)CCN. The first-order valence-corrected chi connectivity index (χ1v) is 7.03. The van der Waals surface area contributed by atoms with Crippen molar-refractivity contribution in [1.82, 2.24) is 10.2 Å². The molecule has 0 aromatic heterocycles. The van der Waals surface area contributed by atoms with E-state index in [1.807, 2.05) is 5.82 Å². The van der Waals surface area contributed by atoms with Gasteiger partial charge in [0.1, 0.15) is 0 Å². The van der Waals surface area contributed by atoms with Crippen LogP contribution in [0.3, 0.4) is 0 Å². The van der Waals surface area contributed by atoms with Gasteiger partial charge in [-0.15, -0.1) is 0 Å². The van der Waals surface area contributed by atoms with Crippen molar-refractivity contribution in [2.45, 2.75) is 26.3 Å².